The van der Waals surface area contributed by atoms with Crippen molar-refractivity contribution in [2.45, 2.75) is 11.4 Å². The second-order valence-corrected chi connectivity index (χ2v) is 8.42. The number of para-hydroxylation sites is 1. The summed E-state index contributed by atoms with van der Waals surface area (Å²) in [5, 5.41) is 3.10. The minimum Gasteiger partial charge on any atom is -0.324 e. The molecule has 4 aromatic rings. The van der Waals surface area contributed by atoms with E-state index in [2.05, 4.69) is 15.0 Å². The van der Waals surface area contributed by atoms with Gasteiger partial charge >= 0.3 is 0 Å². The molecule has 0 unspecified atom stereocenters. The average Bonchev–Trinajstić information content (AvgIpc) is 2.76. The normalized spacial score (nSPS) is 11.2. The van der Waals surface area contributed by atoms with Crippen LogP contribution in [0.4, 0.5) is 11.4 Å². The number of hydrogen-bond donors (Lipinski definition) is 2. The highest BCUT2D eigenvalue weighted by Gasteiger charge is 2.14. The molecule has 156 valence electrons. The van der Waals surface area contributed by atoms with Crippen LogP contribution in [0.3, 0.4) is 0 Å². The van der Waals surface area contributed by atoms with Gasteiger partial charge in [-0.2, -0.15) is 0 Å². The summed E-state index contributed by atoms with van der Waals surface area (Å²) >= 11 is 0. The summed E-state index contributed by atoms with van der Waals surface area (Å²) in [5.74, 6) is -0.442. The molecule has 3 aromatic carbocycles. The van der Waals surface area contributed by atoms with Gasteiger partial charge in [0.1, 0.15) is 6.54 Å². The molecule has 2 N–H and O–H groups in total. The van der Waals surface area contributed by atoms with Crippen molar-refractivity contribution in [3.8, 4) is 0 Å². The zero-order valence-electron chi connectivity index (χ0n) is 16.2. The van der Waals surface area contributed by atoms with Gasteiger partial charge in [0.15, 0.2) is 0 Å². The number of hydrogen-bond acceptors (Lipinski definition) is 5. The molecule has 8 nitrogen and oxygen atoms in total. The van der Waals surface area contributed by atoms with Gasteiger partial charge in [0, 0.05) is 5.69 Å². The average molecular weight is 434 g/mol. The molecule has 0 radical (unpaired) electrons. The van der Waals surface area contributed by atoms with Crippen LogP contribution in [-0.4, -0.2) is 23.9 Å². The number of benzene rings is 3. The van der Waals surface area contributed by atoms with Crippen LogP contribution in [0.1, 0.15) is 0 Å². The highest BCUT2D eigenvalue weighted by molar-refractivity contribution is 7.92. The number of nitrogens with zero attached hydrogens (tertiary/aromatic N) is 2. The number of carbonyl (C=O) groups excluding carboxylic acids is 1. The molecule has 0 aliphatic heterocycles. The fourth-order valence-electron chi connectivity index (χ4n) is 3.05. The van der Waals surface area contributed by atoms with E-state index in [4.69, 9.17) is 0 Å². The molecule has 0 fully saturated rings. The zero-order chi connectivity index (χ0) is 21.8. The van der Waals surface area contributed by atoms with Crippen molar-refractivity contribution in [2.24, 2.45) is 0 Å². The highest BCUT2D eigenvalue weighted by atomic mass is 32.2. The van der Waals surface area contributed by atoms with Crippen LogP contribution in [-0.2, 0) is 21.4 Å². The second-order valence-electron chi connectivity index (χ2n) is 6.74. The molecule has 0 spiro atoms. The molecule has 4 rings (SSSR count). The van der Waals surface area contributed by atoms with Gasteiger partial charge in [-0.05, 0) is 42.5 Å². The Kier molecular flexibility index (Phi) is 5.50. The maximum absolute atomic E-state index is 12.5. The lowest BCUT2D eigenvalue weighted by Crippen LogP contribution is -2.27. The number of fused-ring (bicyclic) bond motifs is 1. The second kappa shape index (κ2) is 8.41. The lowest BCUT2D eigenvalue weighted by molar-refractivity contribution is -0.116. The predicted molar refractivity (Wildman–Crippen MR) is 118 cm³/mol. The first kappa shape index (κ1) is 20.3. The molecule has 0 atom stereocenters. The smallest absolute Gasteiger partial charge is 0.261 e. The standard InChI is InChI=1S/C22H18N4O4S/c27-21(14-26-15-23-20-12-5-4-11-19(20)22(26)28)24-16-7-6-8-17(13-16)25-31(29,30)18-9-2-1-3-10-18/h1-13,15,25H,14H2,(H,24,27). The van der Waals surface area contributed by atoms with Crippen molar-refractivity contribution in [2.75, 3.05) is 10.0 Å². The van der Waals surface area contributed by atoms with Crippen LogP contribution >= 0.6 is 0 Å². The fourth-order valence-corrected chi connectivity index (χ4v) is 4.12. The third kappa shape index (κ3) is 4.62. The van der Waals surface area contributed by atoms with Gasteiger partial charge in [0.25, 0.3) is 15.6 Å². The third-order valence-electron chi connectivity index (χ3n) is 4.50. The molecule has 1 heterocycles. The molecule has 0 bridgehead atoms. The summed E-state index contributed by atoms with van der Waals surface area (Å²) in [5.41, 5.74) is 0.930. The van der Waals surface area contributed by atoms with E-state index in [1.807, 2.05) is 0 Å². The van der Waals surface area contributed by atoms with Crippen LogP contribution < -0.4 is 15.6 Å². The van der Waals surface area contributed by atoms with E-state index >= 15 is 0 Å². The van der Waals surface area contributed by atoms with Gasteiger partial charge in [-0.25, -0.2) is 13.4 Å². The van der Waals surface area contributed by atoms with Crippen LogP contribution in [0.2, 0.25) is 0 Å². The molecule has 9 heteroatoms. The van der Waals surface area contributed by atoms with Crippen molar-refractivity contribution in [3.63, 3.8) is 0 Å². The van der Waals surface area contributed by atoms with Crippen LogP contribution in [0.5, 0.6) is 0 Å². The maximum Gasteiger partial charge on any atom is 0.261 e. The van der Waals surface area contributed by atoms with Crippen molar-refractivity contribution in [1.29, 1.82) is 0 Å². The molecular weight excluding hydrogens is 416 g/mol. The van der Waals surface area contributed by atoms with E-state index in [9.17, 15) is 18.0 Å². The summed E-state index contributed by atoms with van der Waals surface area (Å²) < 4.78 is 28.7. The van der Waals surface area contributed by atoms with Crippen molar-refractivity contribution < 1.29 is 13.2 Å². The van der Waals surface area contributed by atoms with Crippen molar-refractivity contribution in [1.82, 2.24) is 9.55 Å². The highest BCUT2D eigenvalue weighted by Crippen LogP contribution is 2.19. The first-order valence-electron chi connectivity index (χ1n) is 9.34. The summed E-state index contributed by atoms with van der Waals surface area (Å²) in [7, 11) is -3.75. The molecule has 1 amide bonds. The fraction of sp³-hybridized carbons (Fsp3) is 0.0455. The first-order valence-corrected chi connectivity index (χ1v) is 10.8. The number of nitrogens with one attached hydrogen (secondary N) is 2. The molecule has 0 saturated carbocycles. The van der Waals surface area contributed by atoms with Gasteiger partial charge in [0.05, 0.1) is 27.8 Å². The Morgan fingerprint density at radius 2 is 1.61 bits per heavy atom. The minimum atomic E-state index is -3.75. The summed E-state index contributed by atoms with van der Waals surface area (Å²) in [6.45, 7) is -0.226. The van der Waals surface area contributed by atoms with E-state index in [1.54, 1.807) is 60.7 Å². The Balaban J connectivity index is 1.48. The summed E-state index contributed by atoms with van der Waals surface area (Å²) in [6, 6.07) is 21.2. The minimum absolute atomic E-state index is 0.132. The SMILES string of the molecule is O=C(Cn1cnc2ccccc2c1=O)Nc1cccc(NS(=O)(=O)c2ccccc2)c1. The summed E-state index contributed by atoms with van der Waals surface area (Å²) in [4.78, 5) is 29.3. The molecule has 1 aromatic heterocycles. The van der Waals surface area contributed by atoms with E-state index in [0.717, 1.165) is 0 Å². The predicted octanol–water partition coefficient (Wildman–Crippen LogP) is 2.84. The number of sulfonamides is 1. The molecule has 31 heavy (non-hydrogen) atoms. The third-order valence-corrected chi connectivity index (χ3v) is 5.89. The van der Waals surface area contributed by atoms with Crippen LogP contribution in [0, 0.1) is 0 Å². The quantitative estimate of drug-likeness (QED) is 0.485. The van der Waals surface area contributed by atoms with E-state index in [0.29, 0.717) is 22.3 Å². The molecule has 0 aliphatic rings. The van der Waals surface area contributed by atoms with Gasteiger partial charge in [0.2, 0.25) is 5.91 Å². The molecule has 0 aliphatic carbocycles. The van der Waals surface area contributed by atoms with Gasteiger partial charge < -0.3 is 5.32 Å². The van der Waals surface area contributed by atoms with Gasteiger partial charge in [-0.1, -0.05) is 36.4 Å². The van der Waals surface area contributed by atoms with Gasteiger partial charge in [-0.15, -0.1) is 0 Å². The molecule has 0 saturated heterocycles. The monoisotopic (exact) mass is 434 g/mol. The Labute approximate surface area is 178 Å². The Bertz CT molecular complexity index is 1420. The number of anilines is 2. The Morgan fingerprint density at radius 1 is 0.903 bits per heavy atom. The number of carbonyl (C=O) groups is 1. The zero-order valence-corrected chi connectivity index (χ0v) is 17.0. The molecular formula is C22H18N4O4S. The Morgan fingerprint density at radius 3 is 2.42 bits per heavy atom. The first-order chi connectivity index (χ1) is 14.9. The van der Waals surface area contributed by atoms with Crippen LogP contribution in [0.25, 0.3) is 10.9 Å². The Hall–Kier alpha value is -3.98. The van der Waals surface area contributed by atoms with E-state index < -0.39 is 15.9 Å². The lowest BCUT2D eigenvalue weighted by atomic mass is 10.2. The van der Waals surface area contributed by atoms with Crippen LogP contribution in [0.15, 0.2) is 94.9 Å². The lowest BCUT2D eigenvalue weighted by Gasteiger charge is -2.11. The maximum atomic E-state index is 12.5. The van der Waals surface area contributed by atoms with Gasteiger partial charge in [-0.3, -0.25) is 18.9 Å². The number of amides is 1. The number of aromatic nitrogens is 2. The van der Waals surface area contributed by atoms with E-state index in [1.165, 1.54) is 29.1 Å². The van der Waals surface area contributed by atoms with E-state index in [-0.39, 0.29) is 17.0 Å². The summed E-state index contributed by atoms with van der Waals surface area (Å²) in [6.07, 6.45) is 1.33. The largest absolute Gasteiger partial charge is 0.324 e. The van der Waals surface area contributed by atoms with Crippen molar-refractivity contribution in [3.05, 3.63) is 95.5 Å². The number of rotatable bonds is 6. The van der Waals surface area contributed by atoms with Crippen molar-refractivity contribution >= 4 is 38.2 Å². The topological polar surface area (TPSA) is 110 Å².